The van der Waals surface area contributed by atoms with Crippen LogP contribution in [0.25, 0.3) is 0 Å². The number of hydrogen-bond acceptors (Lipinski definition) is 3. The first-order valence-electron chi connectivity index (χ1n) is 9.06. The zero-order chi connectivity index (χ0) is 18.0. The molecule has 1 aromatic rings. The Kier molecular flexibility index (Phi) is 6.59. The Morgan fingerprint density at radius 1 is 1.24 bits per heavy atom. The van der Waals surface area contributed by atoms with E-state index in [1.807, 2.05) is 23.1 Å². The number of benzene rings is 1. The maximum Gasteiger partial charge on any atom is 0.282 e. The Hall–Kier alpha value is -0.420. The molecule has 1 amide bonds. The second-order valence-electron chi connectivity index (χ2n) is 7.44. The van der Waals surface area contributed by atoms with Gasteiger partial charge in [0.15, 0.2) is 0 Å². The Balaban J connectivity index is 1.46. The lowest BCUT2D eigenvalue weighted by molar-refractivity contribution is 0.176. The van der Waals surface area contributed by atoms with Crippen LogP contribution < -0.4 is 0 Å². The molecule has 2 heterocycles. The summed E-state index contributed by atoms with van der Waals surface area (Å²) < 4.78 is 0. The topological polar surface area (TPSA) is 23.6 Å². The Morgan fingerprint density at radius 2 is 1.96 bits per heavy atom. The smallest absolute Gasteiger partial charge is 0.282 e. The number of nitrogens with zero attached hydrogens (tertiary/aromatic N) is 2. The van der Waals surface area contributed by atoms with Crippen LogP contribution in [0.5, 0.6) is 0 Å². The number of rotatable bonds is 5. The minimum Gasteiger partial charge on any atom is -0.330 e. The number of piperidine rings is 1. The second-order valence-corrected chi connectivity index (χ2v) is 9.53. The molecule has 0 spiro atoms. The highest BCUT2D eigenvalue weighted by molar-refractivity contribution is 8.14. The molecule has 2 fully saturated rings. The fourth-order valence-corrected chi connectivity index (χ4v) is 5.35. The molecule has 2 saturated heterocycles. The van der Waals surface area contributed by atoms with Crippen molar-refractivity contribution in [1.82, 2.24) is 9.80 Å². The van der Waals surface area contributed by atoms with Gasteiger partial charge in [-0.15, -0.1) is 0 Å². The van der Waals surface area contributed by atoms with Gasteiger partial charge in [0.1, 0.15) is 0 Å². The number of hydrogen-bond donors (Lipinski definition) is 0. The van der Waals surface area contributed by atoms with E-state index in [2.05, 4.69) is 18.7 Å². The van der Waals surface area contributed by atoms with Crippen LogP contribution in [0, 0.1) is 5.92 Å². The average molecular weight is 401 g/mol. The summed E-state index contributed by atoms with van der Waals surface area (Å²) in [7, 11) is 0. The zero-order valence-electron chi connectivity index (χ0n) is 14.9. The minimum atomic E-state index is 0.241. The molecule has 1 atom stereocenters. The number of likely N-dealkylation sites (tertiary alicyclic amines) is 1. The quantitative estimate of drug-likeness (QED) is 0.678. The van der Waals surface area contributed by atoms with E-state index in [0.29, 0.717) is 17.2 Å². The molecule has 1 aromatic carbocycles. The first-order chi connectivity index (χ1) is 11.9. The van der Waals surface area contributed by atoms with Gasteiger partial charge in [-0.2, -0.15) is 0 Å². The second kappa shape index (κ2) is 8.51. The van der Waals surface area contributed by atoms with Crippen molar-refractivity contribution in [1.29, 1.82) is 0 Å². The molecule has 0 N–H and O–H groups in total. The monoisotopic (exact) mass is 400 g/mol. The number of carbonyl (C=O) groups excluding carboxylic acids is 1. The highest BCUT2D eigenvalue weighted by Crippen LogP contribution is 2.31. The van der Waals surface area contributed by atoms with Gasteiger partial charge in [0.25, 0.3) is 5.24 Å². The molecule has 0 saturated carbocycles. The van der Waals surface area contributed by atoms with Crippen LogP contribution in [0.15, 0.2) is 18.2 Å². The Morgan fingerprint density at radius 3 is 2.60 bits per heavy atom. The molecule has 3 rings (SSSR count). The molecule has 0 radical (unpaired) electrons. The predicted molar refractivity (Wildman–Crippen MR) is 108 cm³/mol. The fourth-order valence-electron chi connectivity index (χ4n) is 3.73. The molecule has 138 valence electrons. The van der Waals surface area contributed by atoms with Gasteiger partial charge in [-0.25, -0.2) is 0 Å². The minimum absolute atomic E-state index is 0.241. The largest absolute Gasteiger partial charge is 0.330 e. The molecule has 1 unspecified atom stereocenters. The van der Waals surface area contributed by atoms with E-state index >= 15 is 0 Å². The van der Waals surface area contributed by atoms with Crippen molar-refractivity contribution in [3.63, 3.8) is 0 Å². The van der Waals surface area contributed by atoms with E-state index in [1.165, 1.54) is 24.6 Å². The van der Waals surface area contributed by atoms with Gasteiger partial charge in [0, 0.05) is 34.4 Å². The van der Waals surface area contributed by atoms with Gasteiger partial charge in [-0.05, 0) is 75.9 Å². The van der Waals surface area contributed by atoms with Crippen molar-refractivity contribution in [3.05, 3.63) is 33.8 Å². The Labute approximate surface area is 165 Å². The standard InChI is InChI=1S/C19H26Cl2N2OS/c1-13(2)23-12-17(25-19(23)24)11-22-7-5-14(6-8-22)9-15-10-16(20)3-4-18(15)21/h3-4,10,13-14,17H,5-9,11-12H2,1-2H3. The molecule has 6 heteroatoms. The third kappa shape index (κ3) is 5.06. The molecule has 2 aliphatic heterocycles. The van der Waals surface area contributed by atoms with Crippen molar-refractivity contribution in [2.45, 2.75) is 44.4 Å². The zero-order valence-corrected chi connectivity index (χ0v) is 17.2. The lowest BCUT2D eigenvalue weighted by atomic mass is 9.90. The van der Waals surface area contributed by atoms with Crippen LogP contribution in [0.1, 0.15) is 32.3 Å². The van der Waals surface area contributed by atoms with Gasteiger partial charge in [0.05, 0.1) is 0 Å². The molecule has 0 aromatic heterocycles. The number of amides is 1. The number of halogens is 2. The van der Waals surface area contributed by atoms with Gasteiger partial charge in [0.2, 0.25) is 0 Å². The molecule has 0 bridgehead atoms. The maximum absolute atomic E-state index is 12.0. The van der Waals surface area contributed by atoms with Gasteiger partial charge < -0.3 is 9.80 Å². The molecular weight excluding hydrogens is 375 g/mol. The molecule has 0 aliphatic carbocycles. The van der Waals surface area contributed by atoms with Crippen molar-refractivity contribution < 1.29 is 4.79 Å². The summed E-state index contributed by atoms with van der Waals surface area (Å²) in [6, 6.07) is 6.04. The summed E-state index contributed by atoms with van der Waals surface area (Å²) >= 11 is 13.9. The van der Waals surface area contributed by atoms with E-state index < -0.39 is 0 Å². The number of thioether (sulfide) groups is 1. The van der Waals surface area contributed by atoms with Crippen LogP contribution >= 0.6 is 35.0 Å². The summed E-state index contributed by atoms with van der Waals surface area (Å²) in [6.45, 7) is 8.30. The lowest BCUT2D eigenvalue weighted by Gasteiger charge is -2.33. The molecule has 3 nitrogen and oxygen atoms in total. The number of carbonyl (C=O) groups is 1. The molecular formula is C19H26Cl2N2OS. The predicted octanol–water partition coefficient (Wildman–Crippen LogP) is 5.19. The van der Waals surface area contributed by atoms with Crippen LogP contribution in [-0.2, 0) is 6.42 Å². The van der Waals surface area contributed by atoms with Crippen LogP contribution in [0.4, 0.5) is 4.79 Å². The normalized spacial score (nSPS) is 23.0. The van der Waals surface area contributed by atoms with E-state index in [-0.39, 0.29) is 5.24 Å². The Bertz CT molecular complexity index is 617. The van der Waals surface area contributed by atoms with Gasteiger partial charge in [-0.1, -0.05) is 35.0 Å². The first kappa shape index (κ1) is 19.3. The first-order valence-corrected chi connectivity index (χ1v) is 10.7. The fraction of sp³-hybridized carbons (Fsp3) is 0.632. The summed E-state index contributed by atoms with van der Waals surface area (Å²) in [6.07, 6.45) is 3.37. The van der Waals surface area contributed by atoms with Gasteiger partial charge >= 0.3 is 0 Å². The third-order valence-electron chi connectivity index (χ3n) is 5.21. The van der Waals surface area contributed by atoms with E-state index in [4.69, 9.17) is 23.2 Å². The summed E-state index contributed by atoms with van der Waals surface area (Å²) in [5.74, 6) is 0.664. The van der Waals surface area contributed by atoms with E-state index in [0.717, 1.165) is 48.2 Å². The van der Waals surface area contributed by atoms with Crippen LogP contribution in [0.2, 0.25) is 10.0 Å². The maximum atomic E-state index is 12.0. The average Bonchev–Trinajstić information content (AvgIpc) is 2.93. The molecule has 25 heavy (non-hydrogen) atoms. The highest BCUT2D eigenvalue weighted by atomic mass is 35.5. The highest BCUT2D eigenvalue weighted by Gasteiger charge is 2.33. The lowest BCUT2D eigenvalue weighted by Crippen LogP contribution is -2.40. The van der Waals surface area contributed by atoms with Crippen molar-refractivity contribution in [2.24, 2.45) is 5.92 Å². The molecule has 2 aliphatic rings. The van der Waals surface area contributed by atoms with E-state index in [1.54, 1.807) is 0 Å². The van der Waals surface area contributed by atoms with E-state index in [9.17, 15) is 4.79 Å². The SMILES string of the molecule is CC(C)N1CC(CN2CCC(Cc3cc(Cl)ccc3Cl)CC2)SC1=O. The van der Waals surface area contributed by atoms with Crippen LogP contribution in [0.3, 0.4) is 0 Å². The van der Waals surface area contributed by atoms with Crippen molar-refractivity contribution >= 4 is 40.2 Å². The van der Waals surface area contributed by atoms with Crippen molar-refractivity contribution in [2.75, 3.05) is 26.2 Å². The van der Waals surface area contributed by atoms with Gasteiger partial charge in [-0.3, -0.25) is 4.79 Å². The van der Waals surface area contributed by atoms with Crippen molar-refractivity contribution in [3.8, 4) is 0 Å². The summed E-state index contributed by atoms with van der Waals surface area (Å²) in [5.41, 5.74) is 1.16. The van der Waals surface area contributed by atoms with Crippen LogP contribution in [-0.4, -0.2) is 52.5 Å². The summed E-state index contributed by atoms with van der Waals surface area (Å²) in [5, 5.41) is 2.23. The summed E-state index contributed by atoms with van der Waals surface area (Å²) in [4.78, 5) is 16.5. The third-order valence-corrected chi connectivity index (χ3v) is 6.88.